The first kappa shape index (κ1) is 18.4. The second-order valence-electron chi connectivity index (χ2n) is 5.90. The Labute approximate surface area is 154 Å². The Morgan fingerprint density at radius 3 is 2.77 bits per heavy atom. The summed E-state index contributed by atoms with van der Waals surface area (Å²) in [6.45, 7) is -2.31. The third-order valence-corrected chi connectivity index (χ3v) is 4.86. The van der Waals surface area contributed by atoms with Crippen molar-refractivity contribution in [2.24, 2.45) is 0 Å². The van der Waals surface area contributed by atoms with Gasteiger partial charge in [-0.2, -0.15) is 8.78 Å². The molecule has 0 spiro atoms. The quantitative estimate of drug-likeness (QED) is 0.631. The summed E-state index contributed by atoms with van der Waals surface area (Å²) in [4.78, 5) is 15.6. The van der Waals surface area contributed by atoms with E-state index in [1.807, 2.05) is 22.4 Å². The highest BCUT2D eigenvalue weighted by atomic mass is 32.1. The monoisotopic (exact) mass is 379 g/mol. The van der Waals surface area contributed by atoms with Gasteiger partial charge < -0.3 is 14.4 Å². The lowest BCUT2D eigenvalue weighted by atomic mass is 10.2. The zero-order valence-corrected chi connectivity index (χ0v) is 15.0. The minimum absolute atomic E-state index is 0.0386. The number of nitrogens with zero attached hydrogens (tertiary/aromatic N) is 1. The fraction of sp³-hybridized carbons (Fsp3) is 0.316. The van der Waals surface area contributed by atoms with Crippen molar-refractivity contribution in [2.75, 3.05) is 7.11 Å². The van der Waals surface area contributed by atoms with Crippen LogP contribution >= 0.6 is 11.3 Å². The van der Waals surface area contributed by atoms with E-state index in [0.29, 0.717) is 18.2 Å². The van der Waals surface area contributed by atoms with Gasteiger partial charge in [0.2, 0.25) is 5.91 Å². The van der Waals surface area contributed by atoms with E-state index in [2.05, 4.69) is 4.74 Å². The number of carbonyl (C=O) groups is 1. The molecule has 1 aliphatic rings. The number of alkyl halides is 2. The first-order valence-corrected chi connectivity index (χ1v) is 9.08. The summed E-state index contributed by atoms with van der Waals surface area (Å²) in [7, 11) is 1.38. The summed E-state index contributed by atoms with van der Waals surface area (Å²) >= 11 is 1.63. The van der Waals surface area contributed by atoms with Crippen molar-refractivity contribution >= 4 is 23.3 Å². The van der Waals surface area contributed by atoms with Gasteiger partial charge in [0.15, 0.2) is 11.5 Å². The molecule has 0 aliphatic heterocycles. The summed E-state index contributed by atoms with van der Waals surface area (Å²) in [5.74, 6) is 0.0913. The van der Waals surface area contributed by atoms with Gasteiger partial charge >= 0.3 is 6.61 Å². The van der Waals surface area contributed by atoms with Gasteiger partial charge in [-0.25, -0.2) is 0 Å². The molecule has 3 rings (SSSR count). The van der Waals surface area contributed by atoms with Gasteiger partial charge in [-0.15, -0.1) is 11.3 Å². The van der Waals surface area contributed by atoms with Crippen molar-refractivity contribution < 1.29 is 23.0 Å². The lowest BCUT2D eigenvalue weighted by Gasteiger charge is -2.20. The summed E-state index contributed by atoms with van der Waals surface area (Å²) in [5, 5.41) is 2.00. The normalized spacial score (nSPS) is 14.0. The Bertz CT molecular complexity index is 773. The maximum Gasteiger partial charge on any atom is 0.387 e. The average molecular weight is 379 g/mol. The van der Waals surface area contributed by atoms with Crippen molar-refractivity contribution in [1.82, 2.24) is 4.90 Å². The number of amides is 1. The molecule has 1 aliphatic carbocycles. The number of thiophene rings is 1. The molecule has 1 fully saturated rings. The van der Waals surface area contributed by atoms with E-state index in [-0.39, 0.29) is 17.4 Å². The molecule has 1 saturated carbocycles. The van der Waals surface area contributed by atoms with Crippen molar-refractivity contribution in [3.63, 3.8) is 0 Å². The van der Waals surface area contributed by atoms with E-state index in [4.69, 9.17) is 4.74 Å². The summed E-state index contributed by atoms with van der Waals surface area (Å²) in [6.07, 6.45) is 5.21. The number of hydrogen-bond acceptors (Lipinski definition) is 4. The number of rotatable bonds is 8. The van der Waals surface area contributed by atoms with Crippen LogP contribution < -0.4 is 9.47 Å². The van der Waals surface area contributed by atoms with E-state index in [9.17, 15) is 13.6 Å². The smallest absolute Gasteiger partial charge is 0.387 e. The Kier molecular flexibility index (Phi) is 5.88. The third kappa shape index (κ3) is 4.82. The first-order chi connectivity index (χ1) is 12.6. The maximum atomic E-state index is 12.6. The number of carbonyl (C=O) groups excluding carboxylic acids is 1. The SMILES string of the molecule is COc1cc(/C=C/C(=O)N(Cc2cccs2)C2CC2)ccc1OC(F)F. The molecule has 1 heterocycles. The zero-order chi connectivity index (χ0) is 18.5. The second kappa shape index (κ2) is 8.31. The highest BCUT2D eigenvalue weighted by molar-refractivity contribution is 7.09. The second-order valence-corrected chi connectivity index (χ2v) is 6.93. The van der Waals surface area contributed by atoms with Gasteiger partial charge in [0, 0.05) is 17.0 Å². The molecule has 4 nitrogen and oxygen atoms in total. The topological polar surface area (TPSA) is 38.8 Å². The van der Waals surface area contributed by atoms with E-state index in [0.717, 1.165) is 17.7 Å². The average Bonchev–Trinajstić information content (AvgIpc) is 3.33. The molecule has 0 bridgehead atoms. The van der Waals surface area contributed by atoms with Crippen LogP contribution in [0.3, 0.4) is 0 Å². The standard InChI is InChI=1S/C19H19F2NO3S/c1-24-17-11-13(4-8-16(17)25-19(20)21)5-9-18(23)22(14-6-7-14)12-15-3-2-10-26-15/h2-5,8-11,14,19H,6-7,12H2,1H3/b9-5+. The van der Waals surface area contributed by atoms with Crippen LogP contribution in [-0.2, 0) is 11.3 Å². The lowest BCUT2D eigenvalue weighted by Crippen LogP contribution is -2.30. The number of halogens is 2. The predicted molar refractivity (Wildman–Crippen MR) is 96.6 cm³/mol. The highest BCUT2D eigenvalue weighted by Crippen LogP contribution is 2.31. The Balaban J connectivity index is 1.70. The highest BCUT2D eigenvalue weighted by Gasteiger charge is 2.31. The summed E-state index contributed by atoms with van der Waals surface area (Å²) < 4.78 is 34.2. The zero-order valence-electron chi connectivity index (χ0n) is 14.2. The molecule has 0 N–H and O–H groups in total. The van der Waals surface area contributed by atoms with E-state index < -0.39 is 6.61 Å². The van der Waals surface area contributed by atoms with Crippen molar-refractivity contribution in [3.8, 4) is 11.5 Å². The Hall–Kier alpha value is -2.41. The van der Waals surface area contributed by atoms with Crippen LogP contribution in [-0.4, -0.2) is 30.6 Å². The first-order valence-electron chi connectivity index (χ1n) is 8.20. The van der Waals surface area contributed by atoms with Crippen molar-refractivity contribution in [2.45, 2.75) is 32.0 Å². The fourth-order valence-electron chi connectivity index (χ4n) is 2.59. The van der Waals surface area contributed by atoms with Crippen LogP contribution in [0.1, 0.15) is 23.3 Å². The fourth-order valence-corrected chi connectivity index (χ4v) is 3.29. The van der Waals surface area contributed by atoms with Gasteiger partial charge in [-0.05, 0) is 48.1 Å². The molecule has 138 valence electrons. The van der Waals surface area contributed by atoms with Gasteiger partial charge in [-0.3, -0.25) is 4.79 Å². The van der Waals surface area contributed by atoms with Gasteiger partial charge in [0.05, 0.1) is 13.7 Å². The summed E-state index contributed by atoms with van der Waals surface area (Å²) in [6, 6.07) is 8.85. The molecule has 1 amide bonds. The number of benzene rings is 1. The Morgan fingerprint density at radius 1 is 1.35 bits per heavy atom. The van der Waals surface area contributed by atoms with Crippen LogP contribution in [0, 0.1) is 0 Å². The van der Waals surface area contributed by atoms with Gasteiger partial charge in [0.25, 0.3) is 0 Å². The molecule has 1 aromatic carbocycles. The van der Waals surface area contributed by atoms with Gasteiger partial charge in [0.1, 0.15) is 0 Å². The minimum atomic E-state index is -2.92. The van der Waals surface area contributed by atoms with Crippen LogP contribution in [0.25, 0.3) is 6.08 Å². The van der Waals surface area contributed by atoms with E-state index in [1.165, 1.54) is 19.3 Å². The maximum absolute atomic E-state index is 12.6. The van der Waals surface area contributed by atoms with Crippen LogP contribution in [0.4, 0.5) is 8.78 Å². The number of ether oxygens (including phenoxy) is 2. The molecule has 0 saturated heterocycles. The molecule has 1 aromatic heterocycles. The number of methoxy groups -OCH3 is 1. The van der Waals surface area contributed by atoms with Crippen molar-refractivity contribution in [3.05, 3.63) is 52.2 Å². The molecular formula is C19H19F2NO3S. The number of hydrogen-bond donors (Lipinski definition) is 0. The van der Waals surface area contributed by atoms with E-state index >= 15 is 0 Å². The van der Waals surface area contributed by atoms with Crippen LogP contribution in [0.5, 0.6) is 11.5 Å². The molecule has 26 heavy (non-hydrogen) atoms. The minimum Gasteiger partial charge on any atom is -0.493 e. The van der Waals surface area contributed by atoms with Crippen molar-refractivity contribution in [1.29, 1.82) is 0 Å². The molecule has 2 aromatic rings. The van der Waals surface area contributed by atoms with Crippen LogP contribution in [0.2, 0.25) is 0 Å². The molecule has 0 atom stereocenters. The molecule has 7 heteroatoms. The predicted octanol–water partition coefficient (Wildman–Crippen LogP) is 4.56. The van der Waals surface area contributed by atoms with Crippen LogP contribution in [0.15, 0.2) is 41.8 Å². The molecule has 0 radical (unpaired) electrons. The lowest BCUT2D eigenvalue weighted by molar-refractivity contribution is -0.127. The molecule has 0 unspecified atom stereocenters. The van der Waals surface area contributed by atoms with E-state index in [1.54, 1.807) is 29.5 Å². The third-order valence-electron chi connectivity index (χ3n) is 4.00. The summed E-state index contributed by atoms with van der Waals surface area (Å²) in [5.41, 5.74) is 0.670. The largest absolute Gasteiger partial charge is 0.493 e. The molecular weight excluding hydrogens is 360 g/mol. The van der Waals surface area contributed by atoms with Gasteiger partial charge in [-0.1, -0.05) is 12.1 Å². The Morgan fingerprint density at radius 2 is 2.15 bits per heavy atom.